The van der Waals surface area contributed by atoms with Gasteiger partial charge in [-0.05, 0) is 49.7 Å². The second-order valence-corrected chi connectivity index (χ2v) is 5.58. The van der Waals surface area contributed by atoms with Gasteiger partial charge in [-0.1, -0.05) is 33.6 Å². The maximum atomic E-state index is 11.9. The molecule has 0 radical (unpaired) electrons. The standard InChI is InChI=1S/C17H16BrNO/c1-12-3-8-16(13(2)11-12)19-10-9-17(20)14-4-6-15(18)7-5-14/h3-11,19H,1-2H3. The van der Waals surface area contributed by atoms with Gasteiger partial charge in [-0.2, -0.15) is 0 Å². The van der Waals surface area contributed by atoms with Gasteiger partial charge in [0.05, 0.1) is 0 Å². The third kappa shape index (κ3) is 3.81. The van der Waals surface area contributed by atoms with Crippen molar-refractivity contribution in [3.05, 3.63) is 75.9 Å². The molecule has 0 amide bonds. The van der Waals surface area contributed by atoms with Crippen molar-refractivity contribution in [3.63, 3.8) is 0 Å². The van der Waals surface area contributed by atoms with Crippen LogP contribution >= 0.6 is 15.9 Å². The molecule has 0 unspecified atom stereocenters. The second-order valence-electron chi connectivity index (χ2n) is 4.67. The lowest BCUT2D eigenvalue weighted by Gasteiger charge is -2.06. The van der Waals surface area contributed by atoms with Crippen LogP contribution in [0.15, 0.2) is 59.2 Å². The van der Waals surface area contributed by atoms with Crippen molar-refractivity contribution < 1.29 is 4.79 Å². The van der Waals surface area contributed by atoms with Crippen molar-refractivity contribution in [2.45, 2.75) is 13.8 Å². The van der Waals surface area contributed by atoms with Crippen LogP contribution in [-0.4, -0.2) is 5.78 Å². The molecule has 0 aliphatic rings. The molecule has 0 aromatic heterocycles. The van der Waals surface area contributed by atoms with Gasteiger partial charge in [-0.3, -0.25) is 4.79 Å². The van der Waals surface area contributed by atoms with E-state index in [9.17, 15) is 4.79 Å². The zero-order chi connectivity index (χ0) is 14.5. The van der Waals surface area contributed by atoms with Gasteiger partial charge in [-0.25, -0.2) is 0 Å². The molecule has 2 rings (SSSR count). The highest BCUT2D eigenvalue weighted by molar-refractivity contribution is 9.10. The highest BCUT2D eigenvalue weighted by Crippen LogP contribution is 2.16. The summed E-state index contributed by atoms with van der Waals surface area (Å²) < 4.78 is 0.964. The summed E-state index contributed by atoms with van der Waals surface area (Å²) in [7, 11) is 0. The van der Waals surface area contributed by atoms with Crippen LogP contribution in [0, 0.1) is 13.8 Å². The molecule has 102 valence electrons. The van der Waals surface area contributed by atoms with Crippen LogP contribution in [-0.2, 0) is 0 Å². The van der Waals surface area contributed by atoms with Gasteiger partial charge < -0.3 is 5.32 Å². The van der Waals surface area contributed by atoms with Crippen molar-refractivity contribution in [3.8, 4) is 0 Å². The monoisotopic (exact) mass is 329 g/mol. The maximum Gasteiger partial charge on any atom is 0.187 e. The molecule has 0 aliphatic carbocycles. The van der Waals surface area contributed by atoms with E-state index >= 15 is 0 Å². The molecular weight excluding hydrogens is 314 g/mol. The number of allylic oxidation sites excluding steroid dienone is 1. The molecule has 0 saturated carbocycles. The topological polar surface area (TPSA) is 29.1 Å². The molecular formula is C17H16BrNO. The SMILES string of the molecule is Cc1ccc(NC=CC(=O)c2ccc(Br)cc2)c(C)c1. The molecule has 2 nitrogen and oxygen atoms in total. The zero-order valence-electron chi connectivity index (χ0n) is 11.5. The van der Waals surface area contributed by atoms with E-state index in [1.165, 1.54) is 5.56 Å². The Morgan fingerprint density at radius 3 is 2.45 bits per heavy atom. The van der Waals surface area contributed by atoms with Crippen LogP contribution in [0.2, 0.25) is 0 Å². The normalized spacial score (nSPS) is 10.8. The van der Waals surface area contributed by atoms with Crippen LogP contribution in [0.4, 0.5) is 5.69 Å². The van der Waals surface area contributed by atoms with Gasteiger partial charge in [0.25, 0.3) is 0 Å². The lowest BCUT2D eigenvalue weighted by molar-refractivity contribution is 0.104. The number of halogens is 1. The minimum Gasteiger partial charge on any atom is -0.361 e. The zero-order valence-corrected chi connectivity index (χ0v) is 13.1. The Morgan fingerprint density at radius 2 is 1.80 bits per heavy atom. The number of carbonyl (C=O) groups is 1. The van der Waals surface area contributed by atoms with Crippen LogP contribution in [0.3, 0.4) is 0 Å². The number of hydrogen-bond acceptors (Lipinski definition) is 2. The average Bonchev–Trinajstić information content (AvgIpc) is 2.42. The molecule has 0 saturated heterocycles. The summed E-state index contributed by atoms with van der Waals surface area (Å²) in [6.07, 6.45) is 3.23. The Morgan fingerprint density at radius 1 is 1.10 bits per heavy atom. The first kappa shape index (κ1) is 14.5. The number of aryl methyl sites for hydroxylation is 2. The summed E-state index contributed by atoms with van der Waals surface area (Å²) in [5, 5.41) is 3.14. The summed E-state index contributed by atoms with van der Waals surface area (Å²) in [5.41, 5.74) is 4.07. The molecule has 0 aliphatic heterocycles. The third-order valence-electron chi connectivity index (χ3n) is 2.98. The van der Waals surface area contributed by atoms with Crippen molar-refractivity contribution in [1.82, 2.24) is 0 Å². The quantitative estimate of drug-likeness (QED) is 0.640. The molecule has 0 atom stereocenters. The Balaban J connectivity index is 2.02. The van der Waals surface area contributed by atoms with Gasteiger partial charge in [-0.15, -0.1) is 0 Å². The van der Waals surface area contributed by atoms with Gasteiger partial charge in [0.15, 0.2) is 5.78 Å². The molecule has 0 fully saturated rings. The van der Waals surface area contributed by atoms with E-state index in [0.717, 1.165) is 15.7 Å². The van der Waals surface area contributed by atoms with Crippen molar-refractivity contribution >= 4 is 27.4 Å². The predicted octanol–water partition coefficient (Wildman–Crippen LogP) is 4.87. The predicted molar refractivity (Wildman–Crippen MR) is 87.2 cm³/mol. The highest BCUT2D eigenvalue weighted by atomic mass is 79.9. The van der Waals surface area contributed by atoms with Crippen molar-refractivity contribution in [2.24, 2.45) is 0 Å². The van der Waals surface area contributed by atoms with Gasteiger partial charge >= 0.3 is 0 Å². The molecule has 20 heavy (non-hydrogen) atoms. The Kier molecular flexibility index (Phi) is 4.74. The van der Waals surface area contributed by atoms with E-state index in [-0.39, 0.29) is 5.78 Å². The summed E-state index contributed by atoms with van der Waals surface area (Å²) in [6, 6.07) is 13.5. The summed E-state index contributed by atoms with van der Waals surface area (Å²) in [5.74, 6) is -0.0187. The summed E-state index contributed by atoms with van der Waals surface area (Å²) in [6.45, 7) is 4.10. The average molecular weight is 330 g/mol. The van der Waals surface area contributed by atoms with Crippen LogP contribution in [0.25, 0.3) is 0 Å². The van der Waals surface area contributed by atoms with Crippen molar-refractivity contribution in [1.29, 1.82) is 0 Å². The molecule has 0 spiro atoms. The molecule has 1 N–H and O–H groups in total. The summed E-state index contributed by atoms with van der Waals surface area (Å²) in [4.78, 5) is 11.9. The number of ketones is 1. The number of anilines is 1. The number of carbonyl (C=O) groups excluding carboxylic acids is 1. The number of hydrogen-bond donors (Lipinski definition) is 1. The van der Waals surface area contributed by atoms with E-state index in [0.29, 0.717) is 5.56 Å². The van der Waals surface area contributed by atoms with Crippen LogP contribution in [0.1, 0.15) is 21.5 Å². The lowest BCUT2D eigenvalue weighted by Crippen LogP contribution is -1.97. The summed E-state index contributed by atoms with van der Waals surface area (Å²) >= 11 is 3.35. The van der Waals surface area contributed by atoms with Crippen LogP contribution < -0.4 is 5.32 Å². The first-order valence-electron chi connectivity index (χ1n) is 6.36. The van der Waals surface area contributed by atoms with Gasteiger partial charge in [0.1, 0.15) is 0 Å². The molecule has 2 aromatic carbocycles. The van der Waals surface area contributed by atoms with Crippen LogP contribution in [0.5, 0.6) is 0 Å². The smallest absolute Gasteiger partial charge is 0.187 e. The first-order valence-corrected chi connectivity index (χ1v) is 7.16. The van der Waals surface area contributed by atoms with E-state index in [1.807, 2.05) is 31.2 Å². The second kappa shape index (κ2) is 6.53. The Labute approximate surface area is 127 Å². The Hall–Kier alpha value is -1.87. The lowest BCUT2D eigenvalue weighted by atomic mass is 10.1. The third-order valence-corrected chi connectivity index (χ3v) is 3.51. The molecule has 0 heterocycles. The van der Waals surface area contributed by atoms with Crippen molar-refractivity contribution in [2.75, 3.05) is 5.32 Å². The maximum absolute atomic E-state index is 11.9. The number of nitrogens with one attached hydrogen (secondary N) is 1. The minimum absolute atomic E-state index is 0.0187. The molecule has 3 heteroatoms. The number of rotatable bonds is 4. The van der Waals surface area contributed by atoms with E-state index < -0.39 is 0 Å². The Bertz CT molecular complexity index is 645. The fourth-order valence-corrected chi connectivity index (χ4v) is 2.16. The largest absolute Gasteiger partial charge is 0.361 e. The number of benzene rings is 2. The fraction of sp³-hybridized carbons (Fsp3) is 0.118. The first-order chi connectivity index (χ1) is 9.56. The minimum atomic E-state index is -0.0187. The van der Waals surface area contributed by atoms with Gasteiger partial charge in [0, 0.05) is 28.0 Å². The highest BCUT2D eigenvalue weighted by Gasteiger charge is 2.01. The molecule has 2 aromatic rings. The van der Waals surface area contributed by atoms with Gasteiger partial charge in [0.2, 0.25) is 0 Å². The van der Waals surface area contributed by atoms with E-state index in [4.69, 9.17) is 0 Å². The van der Waals surface area contributed by atoms with E-state index in [1.54, 1.807) is 24.4 Å². The molecule has 0 bridgehead atoms. The van der Waals surface area contributed by atoms with E-state index in [2.05, 4.69) is 34.2 Å². The fourth-order valence-electron chi connectivity index (χ4n) is 1.89.